The van der Waals surface area contributed by atoms with Gasteiger partial charge in [-0.15, -0.1) is 0 Å². The summed E-state index contributed by atoms with van der Waals surface area (Å²) in [6, 6.07) is 11.6. The van der Waals surface area contributed by atoms with Crippen LogP contribution in [0.4, 0.5) is 5.69 Å². The number of ether oxygens (including phenoxy) is 1. The van der Waals surface area contributed by atoms with E-state index < -0.39 is 16.0 Å². The molecule has 0 unspecified atom stereocenters. The smallest absolute Gasteiger partial charge is 0.337 e. The SMILES string of the molecule is CCc1cc(C(=O)OC)ccc1N(C)S(=O)(=O)c1ccc(C)cc1. The number of benzene rings is 2. The lowest BCUT2D eigenvalue weighted by atomic mass is 10.1. The predicted molar refractivity (Wildman–Crippen MR) is 93.9 cm³/mol. The van der Waals surface area contributed by atoms with Crippen LogP contribution in [-0.4, -0.2) is 28.5 Å². The Morgan fingerprint density at radius 1 is 1.12 bits per heavy atom. The van der Waals surface area contributed by atoms with Crippen LogP contribution in [0.1, 0.15) is 28.4 Å². The van der Waals surface area contributed by atoms with Gasteiger partial charge < -0.3 is 4.74 Å². The van der Waals surface area contributed by atoms with E-state index in [9.17, 15) is 13.2 Å². The molecular formula is C18H21NO4S. The molecule has 2 aromatic rings. The maximum atomic E-state index is 12.8. The summed E-state index contributed by atoms with van der Waals surface area (Å²) in [6.07, 6.45) is 0.591. The molecule has 0 fully saturated rings. The Morgan fingerprint density at radius 3 is 2.29 bits per heavy atom. The van der Waals surface area contributed by atoms with Crippen molar-refractivity contribution in [3.05, 3.63) is 59.2 Å². The van der Waals surface area contributed by atoms with E-state index in [0.29, 0.717) is 17.7 Å². The molecule has 0 aromatic heterocycles. The lowest BCUT2D eigenvalue weighted by Gasteiger charge is -2.22. The highest BCUT2D eigenvalue weighted by atomic mass is 32.2. The molecule has 2 rings (SSSR count). The Bertz CT molecular complexity index is 842. The molecule has 0 aliphatic rings. The van der Waals surface area contributed by atoms with Crippen molar-refractivity contribution in [2.24, 2.45) is 0 Å². The summed E-state index contributed by atoms with van der Waals surface area (Å²) in [7, 11) is -0.832. The summed E-state index contributed by atoms with van der Waals surface area (Å²) in [6.45, 7) is 3.81. The van der Waals surface area contributed by atoms with Crippen molar-refractivity contribution >= 4 is 21.7 Å². The summed E-state index contributed by atoms with van der Waals surface area (Å²) in [5.74, 6) is -0.444. The Hall–Kier alpha value is -2.34. The zero-order valence-electron chi connectivity index (χ0n) is 14.2. The van der Waals surface area contributed by atoms with E-state index in [0.717, 1.165) is 11.1 Å². The molecule has 6 heteroatoms. The molecule has 128 valence electrons. The highest BCUT2D eigenvalue weighted by Crippen LogP contribution is 2.27. The van der Waals surface area contributed by atoms with Gasteiger partial charge >= 0.3 is 5.97 Å². The number of carbonyl (C=O) groups excluding carboxylic acids is 1. The molecule has 0 atom stereocenters. The topological polar surface area (TPSA) is 63.7 Å². The Balaban J connectivity index is 2.46. The third-order valence-electron chi connectivity index (χ3n) is 3.90. The van der Waals surface area contributed by atoms with Crippen molar-refractivity contribution in [2.45, 2.75) is 25.2 Å². The number of hydrogen-bond donors (Lipinski definition) is 0. The molecule has 0 aliphatic heterocycles. The Labute approximate surface area is 142 Å². The molecule has 5 nitrogen and oxygen atoms in total. The number of anilines is 1. The Morgan fingerprint density at radius 2 is 1.75 bits per heavy atom. The minimum atomic E-state index is -3.66. The second-order valence-electron chi connectivity index (χ2n) is 5.47. The normalized spacial score (nSPS) is 11.2. The number of hydrogen-bond acceptors (Lipinski definition) is 4. The van der Waals surface area contributed by atoms with E-state index in [1.807, 2.05) is 13.8 Å². The van der Waals surface area contributed by atoms with Gasteiger partial charge in [0, 0.05) is 7.05 Å². The van der Waals surface area contributed by atoms with Crippen LogP contribution >= 0.6 is 0 Å². The van der Waals surface area contributed by atoms with Crippen LogP contribution in [-0.2, 0) is 21.2 Å². The Kier molecular flexibility index (Phi) is 5.29. The first-order valence-electron chi connectivity index (χ1n) is 7.58. The fourth-order valence-corrected chi connectivity index (χ4v) is 3.65. The maximum Gasteiger partial charge on any atom is 0.337 e. The van der Waals surface area contributed by atoms with Crippen molar-refractivity contribution in [3.63, 3.8) is 0 Å². The summed E-state index contributed by atoms with van der Waals surface area (Å²) in [5, 5.41) is 0. The fourth-order valence-electron chi connectivity index (χ4n) is 2.42. The lowest BCUT2D eigenvalue weighted by Crippen LogP contribution is -2.27. The molecule has 0 saturated heterocycles. The van der Waals surface area contributed by atoms with Crippen molar-refractivity contribution < 1.29 is 17.9 Å². The minimum absolute atomic E-state index is 0.231. The van der Waals surface area contributed by atoms with Gasteiger partial charge in [0.25, 0.3) is 10.0 Å². The standard InChI is InChI=1S/C18H21NO4S/c1-5-14-12-15(18(20)23-4)8-11-17(14)19(3)24(21,22)16-9-6-13(2)7-10-16/h6-12H,5H2,1-4H3. The summed E-state index contributed by atoms with van der Waals surface area (Å²) >= 11 is 0. The zero-order valence-corrected chi connectivity index (χ0v) is 15.1. The number of carbonyl (C=O) groups is 1. The van der Waals surface area contributed by atoms with Gasteiger partial charge in [-0.05, 0) is 49.2 Å². The third kappa shape index (κ3) is 3.43. The van der Waals surface area contributed by atoms with Gasteiger partial charge in [0.1, 0.15) is 0 Å². The van der Waals surface area contributed by atoms with Gasteiger partial charge in [-0.25, -0.2) is 13.2 Å². The first-order chi connectivity index (χ1) is 11.3. The molecule has 0 spiro atoms. The van der Waals surface area contributed by atoms with Gasteiger partial charge in [0.15, 0.2) is 0 Å². The molecule has 0 saturated carbocycles. The quantitative estimate of drug-likeness (QED) is 0.779. The van der Waals surface area contributed by atoms with Crippen LogP contribution in [0.5, 0.6) is 0 Å². The molecule has 0 radical (unpaired) electrons. The number of methoxy groups -OCH3 is 1. The van der Waals surface area contributed by atoms with E-state index in [-0.39, 0.29) is 4.90 Å². The van der Waals surface area contributed by atoms with Crippen LogP contribution in [0, 0.1) is 6.92 Å². The summed E-state index contributed by atoms with van der Waals surface area (Å²) < 4.78 is 31.6. The average molecular weight is 347 g/mol. The van der Waals surface area contributed by atoms with Crippen LogP contribution in [0.3, 0.4) is 0 Å². The molecule has 0 amide bonds. The van der Waals surface area contributed by atoms with Crippen molar-refractivity contribution in [1.29, 1.82) is 0 Å². The fraction of sp³-hybridized carbons (Fsp3) is 0.278. The van der Waals surface area contributed by atoms with Crippen LogP contribution in [0.2, 0.25) is 0 Å². The van der Waals surface area contributed by atoms with Crippen molar-refractivity contribution in [3.8, 4) is 0 Å². The second kappa shape index (κ2) is 7.05. The second-order valence-corrected chi connectivity index (χ2v) is 7.44. The molecule has 0 aliphatic carbocycles. The van der Waals surface area contributed by atoms with Crippen LogP contribution < -0.4 is 4.31 Å². The van der Waals surface area contributed by atoms with Crippen molar-refractivity contribution in [1.82, 2.24) is 0 Å². The van der Waals surface area contributed by atoms with Crippen LogP contribution in [0.25, 0.3) is 0 Å². The average Bonchev–Trinajstić information content (AvgIpc) is 2.60. The first kappa shape index (κ1) is 18.0. The van der Waals surface area contributed by atoms with Crippen LogP contribution in [0.15, 0.2) is 47.4 Å². The number of esters is 1. The predicted octanol–water partition coefficient (Wildman–Crippen LogP) is 3.17. The van der Waals surface area contributed by atoms with E-state index in [2.05, 4.69) is 0 Å². The molecule has 0 heterocycles. The van der Waals surface area contributed by atoms with E-state index in [4.69, 9.17) is 4.74 Å². The third-order valence-corrected chi connectivity index (χ3v) is 5.69. The highest BCUT2D eigenvalue weighted by Gasteiger charge is 2.23. The van der Waals surface area contributed by atoms with Gasteiger partial charge in [-0.1, -0.05) is 24.6 Å². The van der Waals surface area contributed by atoms with Gasteiger partial charge in [-0.2, -0.15) is 0 Å². The molecule has 24 heavy (non-hydrogen) atoms. The summed E-state index contributed by atoms with van der Waals surface area (Å²) in [5.41, 5.74) is 2.70. The minimum Gasteiger partial charge on any atom is -0.465 e. The van der Waals surface area contributed by atoms with E-state index in [1.165, 1.54) is 18.5 Å². The summed E-state index contributed by atoms with van der Waals surface area (Å²) in [4.78, 5) is 11.9. The number of sulfonamides is 1. The number of aryl methyl sites for hydroxylation is 2. The molecule has 0 bridgehead atoms. The number of rotatable bonds is 5. The van der Waals surface area contributed by atoms with Crippen molar-refractivity contribution in [2.75, 3.05) is 18.5 Å². The van der Waals surface area contributed by atoms with Gasteiger partial charge in [0.2, 0.25) is 0 Å². The number of nitrogens with zero attached hydrogens (tertiary/aromatic N) is 1. The van der Waals surface area contributed by atoms with Gasteiger partial charge in [-0.3, -0.25) is 4.31 Å². The molecular weight excluding hydrogens is 326 g/mol. The highest BCUT2D eigenvalue weighted by molar-refractivity contribution is 7.92. The maximum absolute atomic E-state index is 12.8. The largest absolute Gasteiger partial charge is 0.465 e. The molecule has 2 aromatic carbocycles. The first-order valence-corrected chi connectivity index (χ1v) is 9.02. The monoisotopic (exact) mass is 347 g/mol. The van der Waals surface area contributed by atoms with E-state index in [1.54, 1.807) is 42.5 Å². The van der Waals surface area contributed by atoms with E-state index >= 15 is 0 Å². The zero-order chi connectivity index (χ0) is 17.9. The lowest BCUT2D eigenvalue weighted by molar-refractivity contribution is 0.0600. The van der Waals surface area contributed by atoms with Gasteiger partial charge in [0.05, 0.1) is 23.3 Å². The molecule has 0 N–H and O–H groups in total.